The van der Waals surface area contributed by atoms with Crippen LogP contribution in [-0.4, -0.2) is 15.8 Å². The summed E-state index contributed by atoms with van der Waals surface area (Å²) in [5, 5.41) is 8.07. The maximum Gasteiger partial charge on any atom is 0.123 e. The largest absolute Gasteiger partial charge is 0.310 e. The molecule has 2 aromatic rings. The molecule has 1 heterocycles. The fourth-order valence-corrected chi connectivity index (χ4v) is 2.87. The molecule has 3 nitrogen and oxygen atoms in total. The molecule has 0 saturated heterocycles. The zero-order valence-electron chi connectivity index (χ0n) is 12.9. The molecule has 1 fully saturated rings. The smallest absolute Gasteiger partial charge is 0.123 e. The van der Waals surface area contributed by atoms with E-state index in [0.29, 0.717) is 6.04 Å². The molecule has 0 spiro atoms. The maximum absolute atomic E-state index is 13.7. The number of aromatic nitrogens is 2. The first-order valence-electron chi connectivity index (χ1n) is 7.66. The molecule has 0 unspecified atom stereocenters. The normalized spacial score (nSPS) is 14.7. The Morgan fingerprint density at radius 3 is 2.71 bits per heavy atom. The Bertz CT molecular complexity index is 656. The predicted octanol–water partition coefficient (Wildman–Crippen LogP) is 3.58. The lowest BCUT2D eigenvalue weighted by Crippen LogP contribution is -2.16. The van der Waals surface area contributed by atoms with Gasteiger partial charge in [-0.1, -0.05) is 6.07 Å². The first-order valence-corrected chi connectivity index (χ1v) is 7.66. The van der Waals surface area contributed by atoms with Crippen LogP contribution >= 0.6 is 0 Å². The van der Waals surface area contributed by atoms with E-state index in [0.717, 1.165) is 41.2 Å². The van der Waals surface area contributed by atoms with Crippen LogP contribution in [0, 0.1) is 19.7 Å². The second-order valence-electron chi connectivity index (χ2n) is 5.82. The van der Waals surface area contributed by atoms with Crippen molar-refractivity contribution in [2.24, 2.45) is 0 Å². The fourth-order valence-electron chi connectivity index (χ4n) is 2.87. The third kappa shape index (κ3) is 2.86. The molecule has 1 aliphatic carbocycles. The van der Waals surface area contributed by atoms with Crippen LogP contribution < -0.4 is 5.32 Å². The van der Waals surface area contributed by atoms with Crippen molar-refractivity contribution >= 4 is 0 Å². The molecule has 1 saturated carbocycles. The van der Waals surface area contributed by atoms with Gasteiger partial charge in [0, 0.05) is 30.4 Å². The first-order chi connectivity index (χ1) is 10.1. The van der Waals surface area contributed by atoms with Gasteiger partial charge in [0.05, 0.1) is 5.69 Å². The standard InChI is InChI=1S/C17H22FN3/c1-4-21-12(3)17(11(2)20-21)16-9-14(18)6-5-13(16)10-19-15-7-8-15/h5-6,9,15,19H,4,7-8,10H2,1-3H3. The van der Waals surface area contributed by atoms with Gasteiger partial charge in [-0.2, -0.15) is 5.10 Å². The van der Waals surface area contributed by atoms with Gasteiger partial charge >= 0.3 is 0 Å². The second-order valence-corrected chi connectivity index (χ2v) is 5.82. The number of nitrogens with zero attached hydrogens (tertiary/aromatic N) is 2. The van der Waals surface area contributed by atoms with Crippen LogP contribution in [-0.2, 0) is 13.1 Å². The number of nitrogens with one attached hydrogen (secondary N) is 1. The van der Waals surface area contributed by atoms with Gasteiger partial charge in [0.2, 0.25) is 0 Å². The van der Waals surface area contributed by atoms with Gasteiger partial charge in [-0.25, -0.2) is 4.39 Å². The topological polar surface area (TPSA) is 29.9 Å². The molecular weight excluding hydrogens is 265 g/mol. The van der Waals surface area contributed by atoms with Crippen molar-refractivity contribution in [2.75, 3.05) is 0 Å². The van der Waals surface area contributed by atoms with E-state index in [4.69, 9.17) is 0 Å². The SMILES string of the molecule is CCn1nc(C)c(-c2cc(F)ccc2CNC2CC2)c1C. The van der Waals surface area contributed by atoms with Crippen LogP contribution in [0.5, 0.6) is 0 Å². The minimum atomic E-state index is -0.191. The van der Waals surface area contributed by atoms with Crippen molar-refractivity contribution in [2.45, 2.75) is 52.7 Å². The molecule has 1 N–H and O–H groups in total. The minimum absolute atomic E-state index is 0.191. The molecule has 112 valence electrons. The molecule has 0 radical (unpaired) electrons. The van der Waals surface area contributed by atoms with Crippen LogP contribution in [0.15, 0.2) is 18.2 Å². The van der Waals surface area contributed by atoms with Crippen LogP contribution in [0.1, 0.15) is 36.7 Å². The Hall–Kier alpha value is -1.68. The van der Waals surface area contributed by atoms with Crippen molar-refractivity contribution in [3.8, 4) is 11.1 Å². The third-order valence-corrected chi connectivity index (χ3v) is 4.18. The van der Waals surface area contributed by atoms with Crippen LogP contribution in [0.25, 0.3) is 11.1 Å². The number of benzene rings is 1. The Morgan fingerprint density at radius 1 is 1.33 bits per heavy atom. The summed E-state index contributed by atoms with van der Waals surface area (Å²) in [5.41, 5.74) is 5.26. The van der Waals surface area contributed by atoms with E-state index in [1.165, 1.54) is 12.8 Å². The van der Waals surface area contributed by atoms with E-state index in [9.17, 15) is 4.39 Å². The molecule has 3 rings (SSSR count). The second kappa shape index (κ2) is 5.60. The van der Waals surface area contributed by atoms with Gasteiger partial charge < -0.3 is 5.32 Å². The summed E-state index contributed by atoms with van der Waals surface area (Å²) in [6.07, 6.45) is 2.50. The average molecular weight is 287 g/mol. The quantitative estimate of drug-likeness (QED) is 0.911. The molecule has 1 aromatic carbocycles. The van der Waals surface area contributed by atoms with Crippen LogP contribution in [0.3, 0.4) is 0 Å². The molecule has 1 aromatic heterocycles. The van der Waals surface area contributed by atoms with E-state index in [1.54, 1.807) is 12.1 Å². The summed E-state index contributed by atoms with van der Waals surface area (Å²) in [4.78, 5) is 0. The van der Waals surface area contributed by atoms with Crippen molar-refractivity contribution in [1.82, 2.24) is 15.1 Å². The third-order valence-electron chi connectivity index (χ3n) is 4.18. The van der Waals surface area contributed by atoms with Crippen LogP contribution in [0.2, 0.25) is 0 Å². The van der Waals surface area contributed by atoms with Gasteiger partial charge in [0.15, 0.2) is 0 Å². The highest BCUT2D eigenvalue weighted by atomic mass is 19.1. The predicted molar refractivity (Wildman–Crippen MR) is 82.6 cm³/mol. The molecule has 0 aliphatic heterocycles. The number of hydrogen-bond donors (Lipinski definition) is 1. The van der Waals surface area contributed by atoms with Crippen molar-refractivity contribution in [3.63, 3.8) is 0 Å². The number of hydrogen-bond acceptors (Lipinski definition) is 2. The summed E-state index contributed by atoms with van der Waals surface area (Å²) < 4.78 is 15.7. The summed E-state index contributed by atoms with van der Waals surface area (Å²) in [5.74, 6) is -0.191. The zero-order valence-corrected chi connectivity index (χ0v) is 12.9. The maximum atomic E-state index is 13.7. The molecule has 1 aliphatic rings. The molecule has 0 atom stereocenters. The van der Waals surface area contributed by atoms with Gasteiger partial charge in [0.25, 0.3) is 0 Å². The van der Waals surface area contributed by atoms with E-state index >= 15 is 0 Å². The summed E-state index contributed by atoms with van der Waals surface area (Å²) in [7, 11) is 0. The lowest BCUT2D eigenvalue weighted by atomic mass is 9.97. The minimum Gasteiger partial charge on any atom is -0.310 e. The molecule has 0 bridgehead atoms. The molecule has 21 heavy (non-hydrogen) atoms. The lowest BCUT2D eigenvalue weighted by Gasteiger charge is -2.12. The number of halogens is 1. The van der Waals surface area contributed by atoms with Gasteiger partial charge in [0.1, 0.15) is 5.82 Å². The Labute approximate surface area is 125 Å². The number of rotatable bonds is 5. The first kappa shape index (κ1) is 14.3. The summed E-state index contributed by atoms with van der Waals surface area (Å²) in [6, 6.07) is 5.72. The molecule has 4 heteroatoms. The van der Waals surface area contributed by atoms with Crippen molar-refractivity contribution < 1.29 is 4.39 Å². The Kier molecular flexibility index (Phi) is 3.81. The summed E-state index contributed by atoms with van der Waals surface area (Å²) >= 11 is 0. The highest BCUT2D eigenvalue weighted by molar-refractivity contribution is 5.72. The lowest BCUT2D eigenvalue weighted by molar-refractivity contribution is 0.625. The van der Waals surface area contributed by atoms with E-state index in [1.807, 2.05) is 17.7 Å². The van der Waals surface area contributed by atoms with E-state index < -0.39 is 0 Å². The fraction of sp³-hybridized carbons (Fsp3) is 0.471. The van der Waals surface area contributed by atoms with E-state index in [-0.39, 0.29) is 5.82 Å². The van der Waals surface area contributed by atoms with Crippen molar-refractivity contribution in [3.05, 3.63) is 41.0 Å². The average Bonchev–Trinajstić information content (AvgIpc) is 3.23. The van der Waals surface area contributed by atoms with Gasteiger partial charge in [-0.3, -0.25) is 4.68 Å². The number of aryl methyl sites for hydroxylation is 2. The van der Waals surface area contributed by atoms with E-state index in [2.05, 4.69) is 24.3 Å². The van der Waals surface area contributed by atoms with Crippen LogP contribution in [0.4, 0.5) is 4.39 Å². The highest BCUT2D eigenvalue weighted by Crippen LogP contribution is 2.31. The zero-order chi connectivity index (χ0) is 15.0. The van der Waals surface area contributed by atoms with Gasteiger partial charge in [-0.15, -0.1) is 0 Å². The Morgan fingerprint density at radius 2 is 2.10 bits per heavy atom. The highest BCUT2D eigenvalue weighted by Gasteiger charge is 2.22. The monoisotopic (exact) mass is 287 g/mol. The Balaban J connectivity index is 2.03. The van der Waals surface area contributed by atoms with Crippen molar-refractivity contribution in [1.29, 1.82) is 0 Å². The molecule has 0 amide bonds. The van der Waals surface area contributed by atoms with Gasteiger partial charge in [-0.05, 0) is 56.9 Å². The molecular formula is C17H22FN3. The summed E-state index contributed by atoms with van der Waals surface area (Å²) in [6.45, 7) is 7.75.